The van der Waals surface area contributed by atoms with E-state index in [4.69, 9.17) is 21.1 Å². The average molecular weight is 368 g/mol. The van der Waals surface area contributed by atoms with Crippen LogP contribution in [0, 0.1) is 10.1 Å². The van der Waals surface area contributed by atoms with Crippen LogP contribution in [0.5, 0.6) is 5.75 Å². The number of ether oxygens (including phenoxy) is 2. The third kappa shape index (κ3) is 4.91. The van der Waals surface area contributed by atoms with Crippen LogP contribution < -0.4 is 15.4 Å². The van der Waals surface area contributed by atoms with Gasteiger partial charge in [-0.05, 0) is 24.6 Å². The topological polar surface area (TPSA) is 111 Å². The molecule has 0 aliphatic heterocycles. The fourth-order valence-electron chi connectivity index (χ4n) is 2.10. The molecule has 0 saturated heterocycles. The Kier molecular flexibility index (Phi) is 6.72. The maximum absolute atomic E-state index is 11.5. The Hall–Kier alpha value is -2.65. The molecule has 0 radical (unpaired) electrons. The van der Waals surface area contributed by atoms with Crippen molar-refractivity contribution in [3.05, 3.63) is 39.7 Å². The molecule has 25 heavy (non-hydrogen) atoms. The van der Waals surface area contributed by atoms with Gasteiger partial charge in [-0.15, -0.1) is 0 Å². The molecule has 0 bridgehead atoms. The highest BCUT2D eigenvalue weighted by Crippen LogP contribution is 2.35. The monoisotopic (exact) mass is 367 g/mol. The summed E-state index contributed by atoms with van der Waals surface area (Å²) in [4.78, 5) is 18.9. The number of anilines is 3. The summed E-state index contributed by atoms with van der Waals surface area (Å²) < 4.78 is 10.2. The molecule has 10 heteroatoms. The van der Waals surface area contributed by atoms with E-state index in [1.807, 2.05) is 0 Å². The number of benzene rings is 1. The number of hydrogen-bond donors (Lipinski definition) is 2. The molecule has 0 spiro atoms. The lowest BCUT2D eigenvalue weighted by molar-refractivity contribution is -0.383. The lowest BCUT2D eigenvalue weighted by Crippen LogP contribution is -2.10. The van der Waals surface area contributed by atoms with Gasteiger partial charge in [0.15, 0.2) is 0 Å². The van der Waals surface area contributed by atoms with Crippen molar-refractivity contribution in [1.29, 1.82) is 0 Å². The molecule has 2 rings (SSSR count). The summed E-state index contributed by atoms with van der Waals surface area (Å²) in [5.74, 6) is 0.640. The second kappa shape index (κ2) is 9.00. The largest absolute Gasteiger partial charge is 0.495 e. The first-order valence-corrected chi connectivity index (χ1v) is 7.77. The van der Waals surface area contributed by atoms with Crippen molar-refractivity contribution in [2.45, 2.75) is 6.42 Å². The van der Waals surface area contributed by atoms with Crippen molar-refractivity contribution >= 4 is 34.6 Å². The van der Waals surface area contributed by atoms with E-state index in [1.54, 1.807) is 25.3 Å². The Bertz CT molecular complexity index is 744. The molecule has 0 atom stereocenters. The second-order valence-corrected chi connectivity index (χ2v) is 5.36. The van der Waals surface area contributed by atoms with E-state index in [9.17, 15) is 10.1 Å². The number of aromatic nitrogens is 2. The standard InChI is InChI=1S/C15H18ClN5O4/c1-24-7-3-6-17-14-13(21(22)23)15(19-9-18-14)20-11-8-10(16)4-5-12(11)25-2/h4-5,8-9H,3,6-7H2,1-2H3,(H2,17,18,19,20). The van der Waals surface area contributed by atoms with Crippen molar-refractivity contribution in [3.8, 4) is 5.75 Å². The van der Waals surface area contributed by atoms with Gasteiger partial charge in [-0.1, -0.05) is 11.6 Å². The van der Waals surface area contributed by atoms with Crippen molar-refractivity contribution < 1.29 is 14.4 Å². The molecule has 0 aliphatic carbocycles. The number of hydrogen-bond acceptors (Lipinski definition) is 8. The molecule has 134 valence electrons. The van der Waals surface area contributed by atoms with Gasteiger partial charge in [-0.2, -0.15) is 0 Å². The number of nitrogens with one attached hydrogen (secondary N) is 2. The van der Waals surface area contributed by atoms with Crippen molar-refractivity contribution in [2.24, 2.45) is 0 Å². The average Bonchev–Trinajstić information content (AvgIpc) is 2.59. The molecule has 0 unspecified atom stereocenters. The van der Waals surface area contributed by atoms with Crippen molar-refractivity contribution in [3.63, 3.8) is 0 Å². The van der Waals surface area contributed by atoms with Gasteiger partial charge in [-0.3, -0.25) is 10.1 Å². The highest BCUT2D eigenvalue weighted by Gasteiger charge is 2.23. The summed E-state index contributed by atoms with van der Waals surface area (Å²) in [6, 6.07) is 4.91. The van der Waals surface area contributed by atoms with Crippen molar-refractivity contribution in [1.82, 2.24) is 9.97 Å². The predicted molar refractivity (Wildman–Crippen MR) is 95.0 cm³/mol. The summed E-state index contributed by atoms with van der Waals surface area (Å²) in [5.41, 5.74) is 0.198. The summed E-state index contributed by atoms with van der Waals surface area (Å²) in [6.07, 6.45) is 1.92. The molecule has 1 heterocycles. The molecular formula is C15H18ClN5O4. The molecule has 0 saturated carbocycles. The Labute approximate surface area is 149 Å². The number of rotatable bonds is 9. The highest BCUT2D eigenvalue weighted by molar-refractivity contribution is 6.31. The summed E-state index contributed by atoms with van der Waals surface area (Å²) in [6.45, 7) is 1.02. The Morgan fingerprint density at radius 1 is 1.28 bits per heavy atom. The highest BCUT2D eigenvalue weighted by atomic mass is 35.5. The van der Waals surface area contributed by atoms with Gasteiger partial charge in [0.1, 0.15) is 12.1 Å². The first kappa shape index (κ1) is 18.7. The molecule has 2 aromatic rings. The van der Waals surface area contributed by atoms with Gasteiger partial charge >= 0.3 is 5.69 Å². The minimum absolute atomic E-state index is 0.0369. The predicted octanol–water partition coefficient (Wildman–Crippen LogP) is 3.24. The number of nitrogens with zero attached hydrogens (tertiary/aromatic N) is 3. The van der Waals surface area contributed by atoms with E-state index in [0.717, 1.165) is 0 Å². The minimum Gasteiger partial charge on any atom is -0.495 e. The Morgan fingerprint density at radius 3 is 2.72 bits per heavy atom. The number of halogens is 1. The van der Waals surface area contributed by atoms with Crippen molar-refractivity contribution in [2.75, 3.05) is 38.0 Å². The Balaban J connectivity index is 2.31. The lowest BCUT2D eigenvalue weighted by atomic mass is 10.3. The quantitative estimate of drug-likeness (QED) is 0.394. The fourth-order valence-corrected chi connectivity index (χ4v) is 2.27. The van der Waals surface area contributed by atoms with E-state index in [0.29, 0.717) is 36.0 Å². The van der Waals surface area contributed by atoms with Gasteiger partial charge in [0.25, 0.3) is 0 Å². The van der Waals surface area contributed by atoms with Gasteiger partial charge in [-0.25, -0.2) is 9.97 Å². The van der Waals surface area contributed by atoms with Crippen LogP contribution in [0.25, 0.3) is 0 Å². The zero-order valence-corrected chi connectivity index (χ0v) is 14.5. The van der Waals surface area contributed by atoms with Crippen LogP contribution in [0.2, 0.25) is 5.02 Å². The maximum Gasteiger partial charge on any atom is 0.353 e. The molecular weight excluding hydrogens is 350 g/mol. The first-order valence-electron chi connectivity index (χ1n) is 7.39. The third-order valence-corrected chi connectivity index (χ3v) is 3.47. The van der Waals surface area contributed by atoms with E-state index in [1.165, 1.54) is 13.4 Å². The maximum atomic E-state index is 11.5. The van der Waals surface area contributed by atoms with Crippen LogP contribution in [-0.2, 0) is 4.74 Å². The van der Waals surface area contributed by atoms with Crippen LogP contribution in [-0.4, -0.2) is 42.3 Å². The zero-order chi connectivity index (χ0) is 18.2. The number of methoxy groups -OCH3 is 2. The lowest BCUT2D eigenvalue weighted by Gasteiger charge is -2.12. The van der Waals surface area contributed by atoms with E-state index < -0.39 is 4.92 Å². The SMILES string of the molecule is COCCCNc1ncnc(Nc2cc(Cl)ccc2OC)c1[N+](=O)[O-]. The Morgan fingerprint density at radius 2 is 2.04 bits per heavy atom. The third-order valence-electron chi connectivity index (χ3n) is 3.24. The first-order chi connectivity index (χ1) is 12.1. The molecule has 2 N–H and O–H groups in total. The zero-order valence-electron chi connectivity index (χ0n) is 13.8. The van der Waals surface area contributed by atoms with Crippen LogP contribution in [0.1, 0.15) is 6.42 Å². The van der Waals surface area contributed by atoms with Gasteiger partial charge < -0.3 is 20.1 Å². The normalized spacial score (nSPS) is 10.4. The molecule has 1 aromatic carbocycles. The number of nitro groups is 1. The smallest absolute Gasteiger partial charge is 0.353 e. The minimum atomic E-state index is -0.544. The summed E-state index contributed by atoms with van der Waals surface area (Å²) in [7, 11) is 3.08. The van der Waals surface area contributed by atoms with E-state index in [2.05, 4.69) is 20.6 Å². The summed E-state index contributed by atoms with van der Waals surface area (Å²) in [5, 5.41) is 17.8. The van der Waals surface area contributed by atoms with Crippen LogP contribution in [0.15, 0.2) is 24.5 Å². The molecule has 1 aromatic heterocycles. The molecule has 9 nitrogen and oxygen atoms in total. The van der Waals surface area contributed by atoms with Gasteiger partial charge in [0.2, 0.25) is 11.6 Å². The van der Waals surface area contributed by atoms with Crippen LogP contribution in [0.3, 0.4) is 0 Å². The van der Waals surface area contributed by atoms with E-state index in [-0.39, 0.29) is 17.3 Å². The van der Waals surface area contributed by atoms with Gasteiger partial charge in [0.05, 0.1) is 17.7 Å². The second-order valence-electron chi connectivity index (χ2n) is 4.92. The van der Waals surface area contributed by atoms with Crippen LogP contribution >= 0.6 is 11.6 Å². The molecule has 0 aliphatic rings. The molecule has 0 amide bonds. The summed E-state index contributed by atoms with van der Waals surface area (Å²) >= 11 is 5.99. The molecule has 0 fully saturated rings. The van der Waals surface area contributed by atoms with Gasteiger partial charge in [0, 0.05) is 25.3 Å². The van der Waals surface area contributed by atoms with Crippen LogP contribution in [0.4, 0.5) is 23.0 Å². The van der Waals surface area contributed by atoms with E-state index >= 15 is 0 Å². The fraction of sp³-hybridized carbons (Fsp3) is 0.333.